The van der Waals surface area contributed by atoms with Crippen molar-refractivity contribution in [2.45, 2.75) is 84.3 Å². The normalized spacial score (nSPS) is 50.5. The minimum absolute atomic E-state index is 0.0405. The van der Waals surface area contributed by atoms with Gasteiger partial charge in [0.1, 0.15) is 0 Å². The van der Waals surface area contributed by atoms with E-state index in [4.69, 9.17) is 0 Å². The first-order valence-corrected chi connectivity index (χ1v) is 10.4. The molecule has 3 fully saturated rings. The van der Waals surface area contributed by atoms with Crippen LogP contribution in [0, 0.1) is 34.5 Å². The Labute approximate surface area is 151 Å². The highest BCUT2D eigenvalue weighted by Gasteiger charge is 2.61. The Morgan fingerprint density at radius 1 is 1.20 bits per heavy atom. The first-order chi connectivity index (χ1) is 11.8. The molecule has 8 atom stereocenters. The Bertz CT molecular complexity index is 596. The highest BCUT2D eigenvalue weighted by Crippen LogP contribution is 2.66. The lowest BCUT2D eigenvalue weighted by atomic mass is 9.44. The van der Waals surface area contributed by atoms with Crippen LogP contribution in [0.5, 0.6) is 0 Å². The summed E-state index contributed by atoms with van der Waals surface area (Å²) in [5.41, 5.74) is 1.35. The van der Waals surface area contributed by atoms with Crippen molar-refractivity contribution >= 4 is 5.78 Å². The van der Waals surface area contributed by atoms with Gasteiger partial charge in [0.15, 0.2) is 5.78 Å². The van der Waals surface area contributed by atoms with E-state index in [0.29, 0.717) is 24.2 Å². The molecule has 2 unspecified atom stereocenters. The Morgan fingerprint density at radius 3 is 2.68 bits per heavy atom. The average Bonchev–Trinajstić information content (AvgIpc) is 2.89. The summed E-state index contributed by atoms with van der Waals surface area (Å²) in [4.78, 5) is 12.3. The molecule has 0 radical (unpaired) electrons. The quantitative estimate of drug-likeness (QED) is 0.798. The van der Waals surface area contributed by atoms with E-state index in [9.17, 15) is 15.0 Å². The molecule has 25 heavy (non-hydrogen) atoms. The number of carbonyl (C=O) groups is 1. The molecule has 3 heteroatoms. The van der Waals surface area contributed by atoms with Gasteiger partial charge in [-0.15, -0.1) is 0 Å². The van der Waals surface area contributed by atoms with Gasteiger partial charge in [-0.05, 0) is 79.6 Å². The van der Waals surface area contributed by atoms with Crippen LogP contribution in [-0.4, -0.2) is 28.2 Å². The van der Waals surface area contributed by atoms with Crippen LogP contribution in [0.25, 0.3) is 0 Å². The van der Waals surface area contributed by atoms with Gasteiger partial charge in [0.05, 0.1) is 12.2 Å². The molecule has 0 spiro atoms. The van der Waals surface area contributed by atoms with E-state index in [0.717, 1.165) is 44.9 Å². The van der Waals surface area contributed by atoms with Crippen LogP contribution >= 0.6 is 0 Å². The summed E-state index contributed by atoms with van der Waals surface area (Å²) in [6.07, 6.45) is 9.08. The van der Waals surface area contributed by atoms with E-state index >= 15 is 0 Å². The number of hydrogen-bond donors (Lipinski definition) is 2. The third-order valence-corrected chi connectivity index (χ3v) is 9.01. The first kappa shape index (κ1) is 17.7. The van der Waals surface area contributed by atoms with Gasteiger partial charge in [-0.3, -0.25) is 4.79 Å². The van der Waals surface area contributed by atoms with Gasteiger partial charge in [-0.25, -0.2) is 0 Å². The smallest absolute Gasteiger partial charge is 0.156 e. The highest BCUT2D eigenvalue weighted by atomic mass is 16.3. The van der Waals surface area contributed by atoms with Crippen LogP contribution in [0.15, 0.2) is 11.6 Å². The maximum absolute atomic E-state index is 12.3. The zero-order chi connectivity index (χ0) is 18.0. The molecule has 140 valence electrons. The summed E-state index contributed by atoms with van der Waals surface area (Å²) in [7, 11) is 0. The minimum atomic E-state index is -0.390. The SMILES string of the molecule is CCC(O)C1CC(=O)C=C2CC[C@H]3[C@@H]4CC[C@H](O)[C@@]4(C)CC[C@@H]3[C@]21C. The van der Waals surface area contributed by atoms with Gasteiger partial charge in [0, 0.05) is 12.3 Å². The summed E-state index contributed by atoms with van der Waals surface area (Å²) >= 11 is 0. The Morgan fingerprint density at radius 2 is 1.96 bits per heavy atom. The predicted octanol–water partition coefficient (Wildman–Crippen LogP) is 3.88. The van der Waals surface area contributed by atoms with Crippen molar-refractivity contribution in [1.29, 1.82) is 0 Å². The molecule has 4 rings (SSSR count). The molecule has 3 saturated carbocycles. The van der Waals surface area contributed by atoms with Crippen LogP contribution in [0.4, 0.5) is 0 Å². The summed E-state index contributed by atoms with van der Waals surface area (Å²) in [5.74, 6) is 2.07. The molecule has 3 nitrogen and oxygen atoms in total. The van der Waals surface area contributed by atoms with Gasteiger partial charge in [-0.2, -0.15) is 0 Å². The van der Waals surface area contributed by atoms with Crippen LogP contribution in [0.2, 0.25) is 0 Å². The number of aliphatic hydroxyl groups is 2. The topological polar surface area (TPSA) is 57.5 Å². The fourth-order valence-electron chi connectivity index (χ4n) is 7.48. The molecule has 0 aromatic heterocycles. The molecular formula is C22H34O3. The second-order valence-corrected chi connectivity index (χ2v) is 9.76. The van der Waals surface area contributed by atoms with Crippen LogP contribution < -0.4 is 0 Å². The molecule has 0 saturated heterocycles. The number of carbonyl (C=O) groups excluding carboxylic acids is 1. The number of aliphatic hydroxyl groups excluding tert-OH is 2. The van der Waals surface area contributed by atoms with Crippen molar-refractivity contribution in [3.05, 3.63) is 11.6 Å². The van der Waals surface area contributed by atoms with Gasteiger partial charge >= 0.3 is 0 Å². The third kappa shape index (κ3) is 2.34. The maximum Gasteiger partial charge on any atom is 0.156 e. The molecule has 0 aromatic rings. The summed E-state index contributed by atoms with van der Waals surface area (Å²) < 4.78 is 0. The zero-order valence-electron chi connectivity index (χ0n) is 16.0. The molecule has 0 aromatic carbocycles. The van der Waals surface area contributed by atoms with E-state index in [1.54, 1.807) is 0 Å². The molecule has 4 aliphatic carbocycles. The van der Waals surface area contributed by atoms with E-state index in [1.807, 2.05) is 13.0 Å². The molecular weight excluding hydrogens is 312 g/mol. The molecule has 2 N–H and O–H groups in total. The Hall–Kier alpha value is -0.670. The Balaban J connectivity index is 1.73. The highest BCUT2D eigenvalue weighted by molar-refractivity contribution is 5.92. The molecule has 0 heterocycles. The van der Waals surface area contributed by atoms with E-state index < -0.39 is 0 Å². The van der Waals surface area contributed by atoms with Gasteiger partial charge in [-0.1, -0.05) is 26.3 Å². The lowest BCUT2D eigenvalue weighted by Crippen LogP contribution is -2.55. The van der Waals surface area contributed by atoms with Crippen molar-refractivity contribution in [2.75, 3.05) is 0 Å². The number of ketones is 1. The van der Waals surface area contributed by atoms with Gasteiger partial charge in [0.25, 0.3) is 0 Å². The van der Waals surface area contributed by atoms with Crippen LogP contribution in [0.1, 0.15) is 72.1 Å². The average molecular weight is 347 g/mol. The largest absolute Gasteiger partial charge is 0.393 e. The predicted molar refractivity (Wildman–Crippen MR) is 97.9 cm³/mol. The molecule has 4 aliphatic rings. The molecule has 0 amide bonds. The van der Waals surface area contributed by atoms with Crippen molar-refractivity contribution in [1.82, 2.24) is 0 Å². The van der Waals surface area contributed by atoms with Crippen LogP contribution in [-0.2, 0) is 4.79 Å². The van der Waals surface area contributed by atoms with E-state index in [-0.39, 0.29) is 34.7 Å². The van der Waals surface area contributed by atoms with Gasteiger partial charge < -0.3 is 10.2 Å². The fraction of sp³-hybridized carbons (Fsp3) is 0.864. The number of fused-ring (bicyclic) bond motifs is 5. The van der Waals surface area contributed by atoms with Gasteiger partial charge in [0.2, 0.25) is 0 Å². The molecule has 0 aliphatic heterocycles. The zero-order valence-corrected chi connectivity index (χ0v) is 16.0. The Kier molecular flexibility index (Phi) is 4.20. The second-order valence-electron chi connectivity index (χ2n) is 9.76. The lowest BCUT2D eigenvalue weighted by Gasteiger charge is -2.60. The van der Waals surface area contributed by atoms with Crippen molar-refractivity contribution in [2.24, 2.45) is 34.5 Å². The monoisotopic (exact) mass is 346 g/mol. The van der Waals surface area contributed by atoms with Crippen molar-refractivity contribution in [3.63, 3.8) is 0 Å². The summed E-state index contributed by atoms with van der Waals surface area (Å²) in [5, 5.41) is 21.3. The number of rotatable bonds is 2. The van der Waals surface area contributed by atoms with E-state index in [1.165, 1.54) is 5.57 Å². The lowest BCUT2D eigenvalue weighted by molar-refractivity contribution is -0.128. The fourth-order valence-corrected chi connectivity index (χ4v) is 7.48. The first-order valence-electron chi connectivity index (χ1n) is 10.4. The molecule has 0 bridgehead atoms. The van der Waals surface area contributed by atoms with Crippen molar-refractivity contribution < 1.29 is 15.0 Å². The number of hydrogen-bond acceptors (Lipinski definition) is 3. The standard InChI is InChI=1S/C22H34O3/c1-4-19(24)18-12-14(23)11-13-5-6-15-16-7-8-20(25)21(16,2)10-9-17(15)22(13,18)3/h11,15-20,24-25H,4-10,12H2,1-3H3/t15-,16-,17-,18?,19?,20-,21-,22-/m0/s1. The van der Waals surface area contributed by atoms with E-state index in [2.05, 4.69) is 13.8 Å². The maximum atomic E-state index is 12.3. The summed E-state index contributed by atoms with van der Waals surface area (Å²) in [6, 6.07) is 0. The van der Waals surface area contributed by atoms with Crippen molar-refractivity contribution in [3.8, 4) is 0 Å². The van der Waals surface area contributed by atoms with Crippen LogP contribution in [0.3, 0.4) is 0 Å². The number of allylic oxidation sites excluding steroid dienone is 1. The second kappa shape index (κ2) is 5.92. The minimum Gasteiger partial charge on any atom is -0.393 e. The third-order valence-electron chi connectivity index (χ3n) is 9.01. The summed E-state index contributed by atoms with van der Waals surface area (Å²) in [6.45, 7) is 6.68.